The van der Waals surface area contributed by atoms with Crippen LogP contribution in [0, 0.1) is 0 Å². The second-order valence-corrected chi connectivity index (χ2v) is 6.44. The van der Waals surface area contributed by atoms with Gasteiger partial charge < -0.3 is 14.6 Å². The van der Waals surface area contributed by atoms with Gasteiger partial charge in [0, 0.05) is 12.1 Å². The highest BCUT2D eigenvalue weighted by Gasteiger charge is 2.41. The molecule has 0 aliphatic heterocycles. The first-order chi connectivity index (χ1) is 13.1. The highest BCUT2D eigenvalue weighted by molar-refractivity contribution is 5.42. The van der Waals surface area contributed by atoms with Crippen molar-refractivity contribution in [2.75, 3.05) is 14.2 Å². The molecular weight excluding hydrogens is 338 g/mol. The van der Waals surface area contributed by atoms with Crippen LogP contribution in [0.25, 0.3) is 0 Å². The Hall–Kier alpha value is -2.85. The lowest BCUT2D eigenvalue weighted by Crippen LogP contribution is -2.35. The van der Waals surface area contributed by atoms with Crippen molar-refractivity contribution >= 4 is 0 Å². The predicted octanol–water partition coefficient (Wildman–Crippen LogP) is 4.53. The van der Waals surface area contributed by atoms with Crippen LogP contribution in [0.1, 0.15) is 36.1 Å². The molecule has 140 valence electrons. The van der Waals surface area contributed by atoms with Crippen LogP contribution < -0.4 is 9.47 Å². The Morgan fingerprint density at radius 3 is 1.96 bits per heavy atom. The van der Waals surface area contributed by atoms with Crippen LogP contribution in [0.4, 0.5) is 0 Å². The lowest BCUT2D eigenvalue weighted by Gasteiger charge is -2.36. The van der Waals surface area contributed by atoms with Crippen molar-refractivity contribution in [2.24, 2.45) is 0 Å². The van der Waals surface area contributed by atoms with E-state index in [4.69, 9.17) is 9.47 Å². The van der Waals surface area contributed by atoms with Crippen LogP contribution in [0.15, 0.2) is 72.9 Å². The summed E-state index contributed by atoms with van der Waals surface area (Å²) >= 11 is 0. The lowest BCUT2D eigenvalue weighted by atomic mass is 9.73. The number of hydrogen-bond acceptors (Lipinski definition) is 4. The van der Waals surface area contributed by atoms with Gasteiger partial charge in [0.2, 0.25) is 0 Å². The van der Waals surface area contributed by atoms with E-state index in [0.29, 0.717) is 5.69 Å². The van der Waals surface area contributed by atoms with Gasteiger partial charge in [-0.2, -0.15) is 0 Å². The molecule has 0 radical (unpaired) electrons. The highest BCUT2D eigenvalue weighted by atomic mass is 16.5. The first-order valence-electron chi connectivity index (χ1n) is 9.05. The molecule has 1 heterocycles. The molecule has 2 atom stereocenters. The Morgan fingerprint density at radius 2 is 1.48 bits per heavy atom. The number of benzene rings is 2. The summed E-state index contributed by atoms with van der Waals surface area (Å²) in [6.45, 7) is 2.08. The van der Waals surface area contributed by atoms with Crippen molar-refractivity contribution in [1.82, 2.24) is 4.98 Å². The van der Waals surface area contributed by atoms with E-state index in [2.05, 4.69) is 11.9 Å². The normalized spacial score (nSPS) is 14.2. The molecule has 0 aliphatic carbocycles. The molecule has 0 fully saturated rings. The molecule has 0 saturated carbocycles. The highest BCUT2D eigenvalue weighted by Crippen LogP contribution is 2.44. The van der Waals surface area contributed by atoms with Gasteiger partial charge in [-0.1, -0.05) is 37.3 Å². The number of ether oxygens (including phenoxy) is 2. The van der Waals surface area contributed by atoms with Gasteiger partial charge in [0.05, 0.1) is 19.9 Å². The molecule has 27 heavy (non-hydrogen) atoms. The SMILES string of the molecule is CCC(c1ccc(OC)cc1)C(O)(c1ccc(OC)cc1)c1ccccn1. The number of rotatable bonds is 7. The number of aliphatic hydroxyl groups is 1. The molecular formula is C23H25NO3. The lowest BCUT2D eigenvalue weighted by molar-refractivity contribution is 0.0433. The zero-order valence-corrected chi connectivity index (χ0v) is 15.9. The average Bonchev–Trinajstić information content (AvgIpc) is 2.75. The number of aromatic nitrogens is 1. The number of pyridine rings is 1. The summed E-state index contributed by atoms with van der Waals surface area (Å²) in [4.78, 5) is 4.49. The van der Waals surface area contributed by atoms with E-state index < -0.39 is 5.60 Å². The van der Waals surface area contributed by atoms with Gasteiger partial charge in [0.15, 0.2) is 0 Å². The Bertz CT molecular complexity index is 847. The Balaban J connectivity index is 2.14. The van der Waals surface area contributed by atoms with Crippen molar-refractivity contribution in [1.29, 1.82) is 0 Å². The van der Waals surface area contributed by atoms with Crippen LogP contribution in [-0.2, 0) is 5.60 Å². The maximum Gasteiger partial charge on any atom is 0.138 e. The van der Waals surface area contributed by atoms with E-state index in [1.54, 1.807) is 20.4 Å². The van der Waals surface area contributed by atoms with E-state index in [9.17, 15) is 5.11 Å². The summed E-state index contributed by atoms with van der Waals surface area (Å²) in [7, 11) is 3.28. The molecule has 4 heteroatoms. The third kappa shape index (κ3) is 3.67. The number of methoxy groups -OCH3 is 2. The van der Waals surface area contributed by atoms with Gasteiger partial charge in [0.1, 0.15) is 17.1 Å². The molecule has 2 unspecified atom stereocenters. The summed E-state index contributed by atoms with van der Waals surface area (Å²) in [5.74, 6) is 1.37. The third-order valence-electron chi connectivity index (χ3n) is 5.02. The van der Waals surface area contributed by atoms with Gasteiger partial charge in [-0.25, -0.2) is 0 Å². The van der Waals surface area contributed by atoms with Crippen LogP contribution in [0.5, 0.6) is 11.5 Å². The smallest absolute Gasteiger partial charge is 0.138 e. The zero-order chi connectivity index (χ0) is 19.3. The van der Waals surface area contributed by atoms with Gasteiger partial charge in [-0.05, 0) is 53.9 Å². The van der Waals surface area contributed by atoms with E-state index >= 15 is 0 Å². The first-order valence-corrected chi connectivity index (χ1v) is 9.05. The summed E-state index contributed by atoms with van der Waals surface area (Å²) in [6, 6.07) is 21.0. The molecule has 0 aliphatic rings. The molecule has 0 bridgehead atoms. The van der Waals surface area contributed by atoms with Gasteiger partial charge in [-0.15, -0.1) is 0 Å². The molecule has 2 aromatic carbocycles. The Morgan fingerprint density at radius 1 is 0.889 bits per heavy atom. The Labute approximate surface area is 160 Å². The summed E-state index contributed by atoms with van der Waals surface area (Å²) < 4.78 is 10.5. The summed E-state index contributed by atoms with van der Waals surface area (Å²) in [5, 5.41) is 12.0. The summed E-state index contributed by atoms with van der Waals surface area (Å²) in [6.07, 6.45) is 2.45. The van der Waals surface area contributed by atoms with Crippen molar-refractivity contribution in [3.63, 3.8) is 0 Å². The number of hydrogen-bond donors (Lipinski definition) is 1. The Kier molecular flexibility index (Phi) is 5.77. The fourth-order valence-electron chi connectivity index (χ4n) is 3.57. The third-order valence-corrected chi connectivity index (χ3v) is 5.02. The average molecular weight is 363 g/mol. The molecule has 3 rings (SSSR count). The minimum atomic E-state index is -1.27. The fraction of sp³-hybridized carbons (Fsp3) is 0.261. The van der Waals surface area contributed by atoms with Crippen LogP contribution in [0.3, 0.4) is 0 Å². The second kappa shape index (κ2) is 8.23. The molecule has 1 aromatic heterocycles. The maximum atomic E-state index is 12.0. The maximum absolute atomic E-state index is 12.0. The van der Waals surface area contributed by atoms with Crippen molar-refractivity contribution in [3.05, 3.63) is 89.7 Å². The zero-order valence-electron chi connectivity index (χ0n) is 15.9. The molecule has 0 amide bonds. The second-order valence-electron chi connectivity index (χ2n) is 6.44. The van der Waals surface area contributed by atoms with E-state index in [1.807, 2.05) is 66.7 Å². The molecule has 3 aromatic rings. The van der Waals surface area contributed by atoms with E-state index in [0.717, 1.165) is 29.0 Å². The van der Waals surface area contributed by atoms with Gasteiger partial charge in [-0.3, -0.25) is 4.98 Å². The van der Waals surface area contributed by atoms with Crippen molar-refractivity contribution in [3.8, 4) is 11.5 Å². The minimum Gasteiger partial charge on any atom is -0.497 e. The fourth-order valence-corrected chi connectivity index (χ4v) is 3.57. The molecule has 4 nitrogen and oxygen atoms in total. The number of nitrogens with zero attached hydrogens (tertiary/aromatic N) is 1. The first kappa shape index (κ1) is 18.9. The summed E-state index contributed by atoms with van der Waals surface area (Å²) in [5.41, 5.74) is 1.17. The quantitative estimate of drug-likeness (QED) is 0.670. The molecule has 0 spiro atoms. The van der Waals surface area contributed by atoms with Crippen LogP contribution in [0.2, 0.25) is 0 Å². The van der Waals surface area contributed by atoms with Crippen molar-refractivity contribution in [2.45, 2.75) is 24.9 Å². The monoisotopic (exact) mass is 363 g/mol. The predicted molar refractivity (Wildman–Crippen MR) is 106 cm³/mol. The van der Waals surface area contributed by atoms with Gasteiger partial charge >= 0.3 is 0 Å². The van der Waals surface area contributed by atoms with E-state index in [-0.39, 0.29) is 5.92 Å². The topological polar surface area (TPSA) is 51.6 Å². The largest absolute Gasteiger partial charge is 0.497 e. The van der Waals surface area contributed by atoms with E-state index in [1.165, 1.54) is 0 Å². The van der Waals surface area contributed by atoms with Crippen LogP contribution >= 0.6 is 0 Å². The van der Waals surface area contributed by atoms with Crippen molar-refractivity contribution < 1.29 is 14.6 Å². The van der Waals surface area contributed by atoms with Gasteiger partial charge in [0.25, 0.3) is 0 Å². The standard InChI is InChI=1S/C23H25NO3/c1-4-21(17-8-12-19(26-2)13-9-17)23(25,22-7-5-6-16-24-22)18-10-14-20(27-3)15-11-18/h5-16,21,25H,4H2,1-3H3. The minimum absolute atomic E-state index is 0.174. The molecule has 1 N–H and O–H groups in total. The molecule has 0 saturated heterocycles. The van der Waals surface area contributed by atoms with Crippen LogP contribution in [-0.4, -0.2) is 24.3 Å².